The van der Waals surface area contributed by atoms with Gasteiger partial charge in [-0.05, 0) is 31.4 Å². The van der Waals surface area contributed by atoms with Gasteiger partial charge in [-0.1, -0.05) is 0 Å². The number of imidazole rings is 1. The molecule has 1 atom stereocenters. The fourth-order valence-electron chi connectivity index (χ4n) is 5.00. The second-order valence-electron chi connectivity index (χ2n) is 10.2. The number of amides is 1. The number of benzene rings is 1. The first-order chi connectivity index (χ1) is 18.2. The topological polar surface area (TPSA) is 131 Å². The quantitative estimate of drug-likeness (QED) is 0.394. The summed E-state index contributed by atoms with van der Waals surface area (Å²) < 4.78 is 44.5. The van der Waals surface area contributed by atoms with E-state index in [4.69, 9.17) is 11.5 Å². The standard InChI is InChI=1S/C21H25F3N8.C4H7NO/c22-16-1-2-17(31-5-3-13(25)7-31)15(14(16)8-30-6-4-21(23,24)10-30)9-32-12-29-18-19(26)27-11-28-20(18)32;6-3-5-4-1-2-4/h1-2,11-13H,3-10,25H2,(H2,26,27,28);3-4H,1-2H2,(H,5,6). The predicted octanol–water partition coefficient (Wildman–Crippen LogP) is 1.87. The predicted molar refractivity (Wildman–Crippen MR) is 137 cm³/mol. The molecule has 1 unspecified atom stereocenters. The minimum Gasteiger partial charge on any atom is -0.382 e. The lowest BCUT2D eigenvalue weighted by molar-refractivity contribution is -0.109. The van der Waals surface area contributed by atoms with Crippen molar-refractivity contribution in [2.45, 2.75) is 56.8 Å². The molecule has 2 saturated heterocycles. The van der Waals surface area contributed by atoms with Crippen molar-refractivity contribution in [2.24, 2.45) is 5.73 Å². The van der Waals surface area contributed by atoms with Gasteiger partial charge >= 0.3 is 0 Å². The van der Waals surface area contributed by atoms with E-state index in [1.54, 1.807) is 21.9 Å². The fraction of sp³-hybridized carbons (Fsp3) is 0.520. The molecular formula is C25H32F3N9O. The van der Waals surface area contributed by atoms with Crippen molar-refractivity contribution in [3.05, 3.63) is 41.7 Å². The Balaban J connectivity index is 0.000000433. The van der Waals surface area contributed by atoms with E-state index in [2.05, 4.69) is 25.2 Å². The highest BCUT2D eigenvalue weighted by molar-refractivity contribution is 5.81. The van der Waals surface area contributed by atoms with Crippen molar-refractivity contribution in [3.8, 4) is 0 Å². The first kappa shape index (κ1) is 26.2. The Labute approximate surface area is 218 Å². The maximum Gasteiger partial charge on any atom is 0.261 e. The van der Waals surface area contributed by atoms with E-state index in [1.165, 1.54) is 25.2 Å². The summed E-state index contributed by atoms with van der Waals surface area (Å²) >= 11 is 0. The maximum absolute atomic E-state index is 15.1. The molecule has 4 heterocycles. The molecule has 2 aromatic heterocycles. The van der Waals surface area contributed by atoms with Crippen LogP contribution in [0, 0.1) is 5.82 Å². The summed E-state index contributed by atoms with van der Waals surface area (Å²) in [4.78, 5) is 25.8. The second kappa shape index (κ2) is 10.7. The van der Waals surface area contributed by atoms with Gasteiger partial charge in [-0.15, -0.1) is 0 Å². The molecule has 3 aliphatic rings. The molecule has 1 aliphatic carbocycles. The Hall–Kier alpha value is -3.45. The Morgan fingerprint density at radius 2 is 1.92 bits per heavy atom. The number of aromatic nitrogens is 4. The largest absolute Gasteiger partial charge is 0.382 e. The molecular weight excluding hydrogens is 499 g/mol. The highest BCUT2D eigenvalue weighted by Gasteiger charge is 2.38. The van der Waals surface area contributed by atoms with Crippen molar-refractivity contribution in [1.82, 2.24) is 29.7 Å². The minimum atomic E-state index is -2.75. The summed E-state index contributed by atoms with van der Waals surface area (Å²) in [5.41, 5.74) is 15.0. The third kappa shape index (κ3) is 5.83. The molecule has 0 spiro atoms. The molecule has 3 fully saturated rings. The molecule has 204 valence electrons. The molecule has 13 heteroatoms. The number of nitrogens with zero attached hydrogens (tertiary/aromatic N) is 6. The van der Waals surface area contributed by atoms with Crippen molar-refractivity contribution >= 4 is 29.1 Å². The van der Waals surface area contributed by atoms with E-state index < -0.39 is 11.7 Å². The van der Waals surface area contributed by atoms with Crippen LogP contribution in [0.15, 0.2) is 24.8 Å². The average Bonchev–Trinajstić information content (AvgIpc) is 3.26. The SMILES string of the molecule is Nc1ncnc2c1ncn2Cc1c(N2CCC(N)C2)ccc(F)c1CN1CCC(F)(F)C1.O=CNC1CC1. The van der Waals surface area contributed by atoms with Crippen molar-refractivity contribution in [1.29, 1.82) is 0 Å². The van der Waals surface area contributed by atoms with Crippen LogP contribution in [0.4, 0.5) is 24.7 Å². The molecule has 5 N–H and O–H groups in total. The first-order valence-electron chi connectivity index (χ1n) is 12.8. The van der Waals surface area contributed by atoms with Crippen LogP contribution >= 0.6 is 0 Å². The van der Waals surface area contributed by atoms with E-state index in [9.17, 15) is 13.6 Å². The Morgan fingerprint density at radius 3 is 2.55 bits per heavy atom. The zero-order chi connectivity index (χ0) is 26.9. The van der Waals surface area contributed by atoms with Gasteiger partial charge in [-0.3, -0.25) is 9.69 Å². The van der Waals surface area contributed by atoms with E-state index in [0.29, 0.717) is 34.9 Å². The molecule has 0 bridgehead atoms. The molecule has 10 nitrogen and oxygen atoms in total. The number of rotatable bonds is 7. The number of likely N-dealkylation sites (tertiary alicyclic amines) is 1. The zero-order valence-electron chi connectivity index (χ0n) is 21.0. The van der Waals surface area contributed by atoms with Crippen LogP contribution in [0.1, 0.15) is 36.8 Å². The van der Waals surface area contributed by atoms with Gasteiger partial charge in [-0.25, -0.2) is 28.1 Å². The van der Waals surface area contributed by atoms with Crippen LogP contribution in [0.3, 0.4) is 0 Å². The summed E-state index contributed by atoms with van der Waals surface area (Å²) in [5.74, 6) is -2.90. The summed E-state index contributed by atoms with van der Waals surface area (Å²) in [6.07, 6.45) is 6.69. The molecule has 1 amide bonds. The van der Waals surface area contributed by atoms with Crippen molar-refractivity contribution in [3.63, 3.8) is 0 Å². The van der Waals surface area contributed by atoms with E-state index >= 15 is 4.39 Å². The normalized spacial score (nSPS) is 20.9. The summed E-state index contributed by atoms with van der Waals surface area (Å²) in [6.45, 7) is 1.63. The van der Waals surface area contributed by atoms with E-state index in [1.807, 2.05) is 0 Å². The summed E-state index contributed by atoms with van der Waals surface area (Å²) in [5, 5.41) is 2.64. The molecule has 2 aliphatic heterocycles. The van der Waals surface area contributed by atoms with Gasteiger partial charge in [0.25, 0.3) is 5.92 Å². The van der Waals surface area contributed by atoms with Gasteiger partial charge in [0.2, 0.25) is 6.41 Å². The van der Waals surface area contributed by atoms with Crippen molar-refractivity contribution < 1.29 is 18.0 Å². The number of alkyl halides is 2. The molecule has 3 aromatic rings. The summed E-state index contributed by atoms with van der Waals surface area (Å²) in [6, 6.07) is 3.73. The fourth-order valence-corrected chi connectivity index (χ4v) is 5.00. The van der Waals surface area contributed by atoms with Gasteiger partial charge in [0, 0.05) is 61.5 Å². The first-order valence-corrected chi connectivity index (χ1v) is 12.8. The molecule has 1 saturated carbocycles. The lowest BCUT2D eigenvalue weighted by atomic mass is 10.0. The zero-order valence-corrected chi connectivity index (χ0v) is 21.0. The number of nitrogens with one attached hydrogen (secondary N) is 1. The average molecular weight is 532 g/mol. The Bertz CT molecular complexity index is 1300. The van der Waals surface area contributed by atoms with E-state index in [0.717, 1.165) is 25.1 Å². The molecule has 38 heavy (non-hydrogen) atoms. The number of hydrogen-bond acceptors (Lipinski definition) is 8. The lowest BCUT2D eigenvalue weighted by Crippen LogP contribution is -2.29. The van der Waals surface area contributed by atoms with Crippen molar-refractivity contribution in [2.75, 3.05) is 36.8 Å². The molecule has 1 aromatic carbocycles. The van der Waals surface area contributed by atoms with Crippen LogP contribution in [0.2, 0.25) is 0 Å². The van der Waals surface area contributed by atoms with Crippen LogP contribution in [-0.2, 0) is 17.9 Å². The number of fused-ring (bicyclic) bond motifs is 1. The second-order valence-corrected chi connectivity index (χ2v) is 10.2. The number of nitrogen functional groups attached to an aromatic ring is 1. The van der Waals surface area contributed by atoms with Crippen LogP contribution in [0.5, 0.6) is 0 Å². The van der Waals surface area contributed by atoms with Crippen LogP contribution in [0.25, 0.3) is 11.2 Å². The summed E-state index contributed by atoms with van der Waals surface area (Å²) in [7, 11) is 0. The third-order valence-corrected chi connectivity index (χ3v) is 7.18. The highest BCUT2D eigenvalue weighted by Crippen LogP contribution is 2.34. The number of nitrogens with two attached hydrogens (primary N) is 2. The van der Waals surface area contributed by atoms with Gasteiger partial charge in [-0.2, -0.15) is 0 Å². The smallest absolute Gasteiger partial charge is 0.261 e. The Kier molecular flexibility index (Phi) is 7.39. The van der Waals surface area contributed by atoms with Gasteiger partial charge < -0.3 is 26.3 Å². The highest BCUT2D eigenvalue weighted by atomic mass is 19.3. The molecule has 0 radical (unpaired) electrons. The van der Waals surface area contributed by atoms with Crippen LogP contribution in [-0.4, -0.2) is 75.0 Å². The minimum absolute atomic E-state index is 0.0373. The lowest BCUT2D eigenvalue weighted by Gasteiger charge is -2.26. The van der Waals surface area contributed by atoms with Crippen LogP contribution < -0.4 is 21.7 Å². The van der Waals surface area contributed by atoms with E-state index in [-0.39, 0.29) is 44.5 Å². The number of halogens is 3. The number of anilines is 2. The monoisotopic (exact) mass is 531 g/mol. The number of hydrogen-bond donors (Lipinski definition) is 3. The molecule has 6 rings (SSSR count). The van der Waals surface area contributed by atoms with Gasteiger partial charge in [0.05, 0.1) is 19.4 Å². The number of carbonyl (C=O) groups excluding carboxylic acids is 1. The van der Waals surface area contributed by atoms with Gasteiger partial charge in [0.15, 0.2) is 11.5 Å². The maximum atomic E-state index is 15.1. The third-order valence-electron chi connectivity index (χ3n) is 7.18. The Morgan fingerprint density at radius 1 is 1.11 bits per heavy atom. The number of carbonyl (C=O) groups is 1. The van der Waals surface area contributed by atoms with Gasteiger partial charge in [0.1, 0.15) is 17.7 Å².